The van der Waals surface area contributed by atoms with E-state index >= 15 is 0 Å². The van der Waals surface area contributed by atoms with Crippen LogP contribution in [0.4, 0.5) is 26.3 Å². The fourth-order valence-corrected chi connectivity index (χ4v) is 2.43. The molecule has 0 radical (unpaired) electrons. The van der Waals surface area contributed by atoms with Gasteiger partial charge in [-0.3, -0.25) is 4.18 Å². The number of rotatable bonds is 6. The van der Waals surface area contributed by atoms with Crippen molar-refractivity contribution in [3.8, 4) is 0 Å². The molecule has 0 aliphatic carbocycles. The van der Waals surface area contributed by atoms with Gasteiger partial charge in [0.15, 0.2) is 0 Å². The molecule has 0 fully saturated rings. The normalized spacial score (nSPS) is 12.7. The van der Waals surface area contributed by atoms with Crippen molar-refractivity contribution in [2.45, 2.75) is 11.0 Å². The van der Waals surface area contributed by atoms with Crippen LogP contribution in [0.1, 0.15) is 0 Å². The van der Waals surface area contributed by atoms with Crippen LogP contribution in [0.15, 0.2) is 25.3 Å². The summed E-state index contributed by atoms with van der Waals surface area (Å²) in [6.07, 6.45) is 2.53. The Bertz CT molecular complexity index is 763. The van der Waals surface area contributed by atoms with E-state index in [0.717, 1.165) is 6.08 Å². The lowest BCUT2D eigenvalue weighted by atomic mass is 10.7. The van der Waals surface area contributed by atoms with Gasteiger partial charge in [-0.15, -0.1) is 16.8 Å². The van der Waals surface area contributed by atoms with Crippen molar-refractivity contribution >= 4 is 30.4 Å². The molecule has 1 N–H and O–H groups in total. The first-order valence-electron chi connectivity index (χ1n) is 5.69. The quantitative estimate of drug-likeness (QED) is 0.257. The number of hydrogen-bond acceptors (Lipinski definition) is 9. The van der Waals surface area contributed by atoms with Crippen LogP contribution >= 0.6 is 0 Å². The molecule has 0 aromatic carbocycles. The van der Waals surface area contributed by atoms with Gasteiger partial charge in [-0.2, -0.15) is 51.6 Å². The third kappa shape index (κ3) is 15.5. The smallest absolute Gasteiger partial charge is 0.392 e. The van der Waals surface area contributed by atoms with Gasteiger partial charge in [-0.25, -0.2) is 0 Å². The summed E-state index contributed by atoms with van der Waals surface area (Å²) in [6.45, 7) is 5.62. The molecule has 0 rings (SSSR count). The first-order chi connectivity index (χ1) is 11.7. The van der Waals surface area contributed by atoms with Crippen LogP contribution in [0.2, 0.25) is 0 Å². The van der Waals surface area contributed by atoms with Gasteiger partial charge in [0.1, 0.15) is 0 Å². The number of alkyl halides is 6. The molecule has 9 nitrogen and oxygen atoms in total. The minimum Gasteiger partial charge on any atom is -0.392 e. The van der Waals surface area contributed by atoms with Crippen LogP contribution in [0.3, 0.4) is 0 Å². The Kier molecular flexibility index (Phi) is 13.1. The van der Waals surface area contributed by atoms with Gasteiger partial charge in [0.2, 0.25) is 0 Å². The lowest BCUT2D eigenvalue weighted by Crippen LogP contribution is -2.27. The molecule has 0 aliphatic rings. The molecule has 0 atom stereocenters. The Hall–Kier alpha value is -1.21. The topological polar surface area (TPSA) is 141 Å². The molecule has 0 unspecified atom stereocenters. The first-order valence-corrected chi connectivity index (χ1v) is 10.3. The summed E-state index contributed by atoms with van der Waals surface area (Å²) in [6, 6.07) is 0. The molecule has 0 saturated heterocycles. The zero-order chi connectivity index (χ0) is 22.7. The van der Waals surface area contributed by atoms with Crippen molar-refractivity contribution < 1.29 is 64.5 Å². The van der Waals surface area contributed by atoms with Crippen molar-refractivity contribution in [3.63, 3.8) is 0 Å². The average molecular weight is 476 g/mol. The van der Waals surface area contributed by atoms with E-state index in [1.807, 2.05) is 0 Å². The van der Waals surface area contributed by atoms with Crippen molar-refractivity contribution in [2.75, 3.05) is 19.5 Å². The van der Waals surface area contributed by atoms with E-state index in [9.17, 15) is 51.6 Å². The Morgan fingerprint density at radius 3 is 1.33 bits per heavy atom. The lowest BCUT2D eigenvalue weighted by molar-refractivity contribution is -0.0535. The monoisotopic (exact) mass is 476 g/mol. The fraction of sp³-hybridized carbons (Fsp3) is 0.556. The van der Waals surface area contributed by atoms with Gasteiger partial charge >= 0.3 is 31.3 Å². The van der Waals surface area contributed by atoms with Gasteiger partial charge in [-0.05, 0) is 0 Å². The van der Waals surface area contributed by atoms with Gasteiger partial charge in [-0.1, -0.05) is 12.2 Å². The van der Waals surface area contributed by atoms with E-state index in [0.29, 0.717) is 0 Å². The van der Waals surface area contributed by atoms with Crippen LogP contribution < -0.4 is 0 Å². The van der Waals surface area contributed by atoms with Crippen LogP contribution in [0.5, 0.6) is 0 Å². The minimum absolute atomic E-state index is 0.0833. The van der Waals surface area contributed by atoms with Crippen LogP contribution in [-0.4, -0.2) is 60.8 Å². The largest absolute Gasteiger partial charge is 0.524 e. The van der Waals surface area contributed by atoms with Crippen molar-refractivity contribution in [3.05, 3.63) is 25.3 Å². The predicted octanol–water partition coefficient (Wildman–Crippen LogP) is 1.02. The number of hydrogen-bond donors (Lipinski definition) is 1. The first kappa shape index (κ1) is 30.5. The van der Waals surface area contributed by atoms with E-state index in [1.165, 1.54) is 6.08 Å². The van der Waals surface area contributed by atoms with Crippen molar-refractivity contribution in [2.24, 2.45) is 0 Å². The van der Waals surface area contributed by atoms with Crippen LogP contribution in [0, 0.1) is 0 Å². The highest BCUT2D eigenvalue weighted by Crippen LogP contribution is 2.25. The number of aliphatic hydroxyl groups is 1. The van der Waals surface area contributed by atoms with Crippen molar-refractivity contribution in [1.29, 1.82) is 0 Å². The zero-order valence-electron chi connectivity index (χ0n) is 13.2. The summed E-state index contributed by atoms with van der Waals surface area (Å²) < 4.78 is 135. The highest BCUT2D eigenvalue weighted by Gasteiger charge is 2.49. The summed E-state index contributed by atoms with van der Waals surface area (Å²) in [5.41, 5.74) is -11.1. The average Bonchev–Trinajstić information content (AvgIpc) is 2.41. The highest BCUT2D eigenvalue weighted by atomic mass is 32.3. The van der Waals surface area contributed by atoms with E-state index in [1.54, 1.807) is 0 Å². The molecule has 0 heterocycles. The summed E-state index contributed by atoms with van der Waals surface area (Å²) in [5, 5.41) is 7.76. The highest BCUT2D eigenvalue weighted by molar-refractivity contribution is 7.99. The Morgan fingerprint density at radius 1 is 0.852 bits per heavy atom. The van der Waals surface area contributed by atoms with Gasteiger partial charge in [0, 0.05) is 0 Å². The van der Waals surface area contributed by atoms with E-state index in [-0.39, 0.29) is 12.9 Å². The second-order valence-electron chi connectivity index (χ2n) is 3.62. The fourth-order valence-electron chi connectivity index (χ4n) is 0.406. The molecule has 0 saturated carbocycles. The van der Waals surface area contributed by atoms with Gasteiger partial charge < -0.3 is 5.11 Å². The summed E-state index contributed by atoms with van der Waals surface area (Å²) in [5.74, 6) is 0. The molecule has 0 amide bonds. The predicted molar refractivity (Wildman–Crippen MR) is 79.3 cm³/mol. The number of aliphatic hydroxyl groups excluding tert-OH is 1. The van der Waals surface area contributed by atoms with E-state index in [2.05, 4.69) is 21.0 Å². The molecule has 18 heteroatoms. The maximum Gasteiger partial charge on any atom is 0.524 e. The molecular weight excluding hydrogens is 462 g/mol. The van der Waals surface area contributed by atoms with Gasteiger partial charge in [0.05, 0.1) is 19.5 Å². The molecule has 0 aromatic heterocycles. The lowest BCUT2D eigenvalue weighted by Gasteiger charge is -2.05. The van der Waals surface area contributed by atoms with Crippen LogP contribution in [-0.2, 0) is 38.2 Å². The Labute approximate surface area is 151 Å². The summed E-state index contributed by atoms with van der Waals surface area (Å²) >= 11 is 0. The molecule has 27 heavy (non-hydrogen) atoms. The van der Waals surface area contributed by atoms with Crippen LogP contribution in [0.25, 0.3) is 0 Å². The Balaban J connectivity index is -0.000000357. The summed E-state index contributed by atoms with van der Waals surface area (Å²) in [4.78, 5) is 0. The second-order valence-corrected chi connectivity index (χ2v) is 8.55. The third-order valence-corrected chi connectivity index (χ3v) is 4.54. The molecular formula is C9H14F6O9S3. The molecule has 0 bridgehead atoms. The van der Waals surface area contributed by atoms with Crippen molar-refractivity contribution in [1.82, 2.24) is 0 Å². The molecule has 0 aromatic rings. The third-order valence-electron chi connectivity index (χ3n) is 1.25. The van der Waals surface area contributed by atoms with E-state index in [4.69, 9.17) is 5.11 Å². The Morgan fingerprint density at radius 2 is 1.19 bits per heavy atom. The standard InChI is InChI=1S/C4H5F3O3S.C3H6O.C2H3F3O5S2/c1-2-3-10-11(8,9)4(5,6)7;1-2-3-4;1-11(6,7)10-12(8,9)2(3,4)5/h2H,1,3H2;2,4H,1,3H2;1H3. The van der Waals surface area contributed by atoms with Gasteiger partial charge in [0.25, 0.3) is 10.1 Å². The maximum atomic E-state index is 11.4. The second kappa shape index (κ2) is 11.6. The minimum atomic E-state index is -6.04. The van der Waals surface area contributed by atoms with E-state index < -0.39 is 48.0 Å². The summed E-state index contributed by atoms with van der Waals surface area (Å²) in [7, 11) is -16.1. The maximum absolute atomic E-state index is 11.4. The molecule has 164 valence electrons. The molecule has 0 aliphatic heterocycles. The number of halogens is 6. The molecule has 0 spiro atoms. The zero-order valence-corrected chi connectivity index (χ0v) is 15.6. The SMILES string of the molecule is C=CCO.C=CCOS(=O)(=O)C(F)(F)F.CS(=O)(=O)OS(=O)(=O)C(F)(F)F.